The number of halogens is 1. The van der Waals surface area contributed by atoms with Gasteiger partial charge in [0.15, 0.2) is 5.16 Å². The summed E-state index contributed by atoms with van der Waals surface area (Å²) in [6, 6.07) is 10.5. The van der Waals surface area contributed by atoms with Crippen LogP contribution in [0.25, 0.3) is 20.7 Å². The third kappa shape index (κ3) is 3.47. The standard InChI is InChI=1S/C20H17FN2OS3/c1-3-23-19(24)17-15(16-5-4-10-25-16)11-26-18(17)22-20(23)27-12(2)13-6-8-14(21)9-7-13/h4-12H,3H2,1-2H3/t12-/m1/s1. The van der Waals surface area contributed by atoms with Crippen molar-refractivity contribution in [2.24, 2.45) is 0 Å². The zero-order valence-electron chi connectivity index (χ0n) is 14.8. The lowest BCUT2D eigenvalue weighted by molar-refractivity contribution is 0.626. The van der Waals surface area contributed by atoms with Gasteiger partial charge in [-0.25, -0.2) is 9.37 Å². The van der Waals surface area contributed by atoms with E-state index in [0.29, 0.717) is 17.1 Å². The van der Waals surface area contributed by atoms with Crippen molar-refractivity contribution >= 4 is 44.7 Å². The maximum Gasteiger partial charge on any atom is 0.263 e. The minimum atomic E-state index is -0.249. The average molecular weight is 417 g/mol. The van der Waals surface area contributed by atoms with Gasteiger partial charge in [0.05, 0.1) is 5.39 Å². The van der Waals surface area contributed by atoms with Crippen molar-refractivity contribution in [1.29, 1.82) is 0 Å². The predicted molar refractivity (Wildman–Crippen MR) is 114 cm³/mol. The van der Waals surface area contributed by atoms with Crippen LogP contribution in [0.15, 0.2) is 57.1 Å². The second-order valence-electron chi connectivity index (χ2n) is 6.06. The first-order chi connectivity index (χ1) is 13.1. The van der Waals surface area contributed by atoms with Crippen LogP contribution in [0.1, 0.15) is 24.7 Å². The molecule has 0 aliphatic rings. The van der Waals surface area contributed by atoms with Gasteiger partial charge in [0, 0.05) is 27.6 Å². The Hall–Kier alpha value is -1.96. The van der Waals surface area contributed by atoms with Crippen LogP contribution in [0.3, 0.4) is 0 Å². The minimum absolute atomic E-state index is 0.000885. The Labute approximate surface area is 168 Å². The summed E-state index contributed by atoms with van der Waals surface area (Å²) in [5, 5.41) is 5.49. The number of hydrogen-bond acceptors (Lipinski definition) is 5. The van der Waals surface area contributed by atoms with E-state index in [2.05, 4.69) is 0 Å². The van der Waals surface area contributed by atoms with Crippen LogP contribution >= 0.6 is 34.4 Å². The highest BCUT2D eigenvalue weighted by molar-refractivity contribution is 7.99. The van der Waals surface area contributed by atoms with E-state index >= 15 is 0 Å². The number of benzene rings is 1. The summed E-state index contributed by atoms with van der Waals surface area (Å²) < 4.78 is 14.9. The van der Waals surface area contributed by atoms with Gasteiger partial charge in [-0.15, -0.1) is 22.7 Å². The number of rotatable bonds is 5. The summed E-state index contributed by atoms with van der Waals surface area (Å²) in [4.78, 5) is 19.8. The van der Waals surface area contributed by atoms with Crippen LogP contribution in [-0.4, -0.2) is 9.55 Å². The fourth-order valence-corrected chi connectivity index (χ4v) is 5.85. The average Bonchev–Trinajstić information content (AvgIpc) is 3.32. The molecule has 0 unspecified atom stereocenters. The molecule has 0 radical (unpaired) electrons. The number of nitrogens with zero attached hydrogens (tertiary/aromatic N) is 2. The molecule has 27 heavy (non-hydrogen) atoms. The van der Waals surface area contributed by atoms with Crippen molar-refractivity contribution in [2.45, 2.75) is 30.8 Å². The van der Waals surface area contributed by atoms with Crippen LogP contribution in [0.4, 0.5) is 4.39 Å². The number of aromatic nitrogens is 2. The van der Waals surface area contributed by atoms with Gasteiger partial charge in [0.1, 0.15) is 10.6 Å². The topological polar surface area (TPSA) is 34.9 Å². The fourth-order valence-electron chi connectivity index (χ4n) is 2.95. The largest absolute Gasteiger partial charge is 0.287 e. The lowest BCUT2D eigenvalue weighted by Crippen LogP contribution is -2.22. The monoisotopic (exact) mass is 416 g/mol. The summed E-state index contributed by atoms with van der Waals surface area (Å²) in [6.07, 6.45) is 0. The Bertz CT molecular complexity index is 1130. The van der Waals surface area contributed by atoms with Crippen molar-refractivity contribution in [3.05, 3.63) is 68.9 Å². The van der Waals surface area contributed by atoms with E-state index in [1.54, 1.807) is 28.0 Å². The Morgan fingerprint density at radius 3 is 2.67 bits per heavy atom. The highest BCUT2D eigenvalue weighted by Gasteiger charge is 2.19. The van der Waals surface area contributed by atoms with Gasteiger partial charge in [-0.3, -0.25) is 9.36 Å². The maximum atomic E-state index is 13.2. The number of fused-ring (bicyclic) bond motifs is 1. The van der Waals surface area contributed by atoms with Gasteiger partial charge in [0.2, 0.25) is 0 Å². The first-order valence-electron chi connectivity index (χ1n) is 8.56. The van der Waals surface area contributed by atoms with Crippen LogP contribution in [-0.2, 0) is 6.54 Å². The van der Waals surface area contributed by atoms with Crippen LogP contribution in [0, 0.1) is 5.82 Å². The lowest BCUT2D eigenvalue weighted by Gasteiger charge is -2.15. The molecule has 4 aromatic rings. The van der Waals surface area contributed by atoms with Gasteiger partial charge in [-0.2, -0.15) is 0 Å². The molecule has 4 rings (SSSR count). The minimum Gasteiger partial charge on any atom is -0.287 e. The molecule has 0 aliphatic carbocycles. The molecule has 0 N–H and O–H groups in total. The zero-order chi connectivity index (χ0) is 19.0. The third-order valence-electron chi connectivity index (χ3n) is 4.38. The van der Waals surface area contributed by atoms with E-state index in [9.17, 15) is 9.18 Å². The van der Waals surface area contributed by atoms with Crippen molar-refractivity contribution in [3.63, 3.8) is 0 Å². The molecule has 0 saturated heterocycles. The quantitative estimate of drug-likeness (QED) is 0.287. The van der Waals surface area contributed by atoms with E-state index in [1.807, 2.05) is 36.7 Å². The molecule has 0 fully saturated rings. The zero-order valence-corrected chi connectivity index (χ0v) is 17.3. The van der Waals surface area contributed by atoms with Gasteiger partial charge >= 0.3 is 0 Å². The van der Waals surface area contributed by atoms with Gasteiger partial charge in [0.25, 0.3) is 5.56 Å². The summed E-state index contributed by atoms with van der Waals surface area (Å²) in [6.45, 7) is 4.55. The van der Waals surface area contributed by atoms with Crippen LogP contribution in [0.5, 0.6) is 0 Å². The highest BCUT2D eigenvalue weighted by Crippen LogP contribution is 2.37. The molecule has 0 saturated carbocycles. The van der Waals surface area contributed by atoms with E-state index in [0.717, 1.165) is 20.8 Å². The molecule has 0 spiro atoms. The van der Waals surface area contributed by atoms with E-state index < -0.39 is 0 Å². The second kappa shape index (κ2) is 7.58. The molecule has 1 aromatic carbocycles. The maximum absolute atomic E-state index is 13.2. The van der Waals surface area contributed by atoms with E-state index in [1.165, 1.54) is 35.2 Å². The molecule has 3 nitrogen and oxygen atoms in total. The molecule has 7 heteroatoms. The van der Waals surface area contributed by atoms with E-state index in [-0.39, 0.29) is 16.6 Å². The predicted octanol–water partition coefficient (Wildman–Crippen LogP) is 6.20. The number of hydrogen-bond donors (Lipinski definition) is 0. The summed E-state index contributed by atoms with van der Waals surface area (Å²) in [5.41, 5.74) is 1.97. The first-order valence-corrected chi connectivity index (χ1v) is 11.2. The Morgan fingerprint density at radius 2 is 2.00 bits per heavy atom. The Balaban J connectivity index is 1.77. The molecule has 3 aromatic heterocycles. The molecule has 0 aliphatic heterocycles. The van der Waals surface area contributed by atoms with Crippen molar-refractivity contribution < 1.29 is 4.39 Å². The molecule has 0 bridgehead atoms. The number of thiophene rings is 2. The SMILES string of the molecule is CCn1c(S[C@H](C)c2ccc(F)cc2)nc2scc(-c3cccs3)c2c1=O. The second-order valence-corrected chi connectivity index (χ2v) is 9.18. The van der Waals surface area contributed by atoms with Crippen LogP contribution in [0.2, 0.25) is 0 Å². The lowest BCUT2D eigenvalue weighted by atomic mass is 10.2. The fraction of sp³-hybridized carbons (Fsp3) is 0.200. The number of thioether (sulfide) groups is 1. The molecular weight excluding hydrogens is 399 g/mol. The van der Waals surface area contributed by atoms with Gasteiger partial charge < -0.3 is 0 Å². The van der Waals surface area contributed by atoms with Crippen LogP contribution < -0.4 is 5.56 Å². The van der Waals surface area contributed by atoms with Gasteiger partial charge in [-0.1, -0.05) is 30.0 Å². The van der Waals surface area contributed by atoms with E-state index in [4.69, 9.17) is 4.98 Å². The first kappa shape index (κ1) is 18.4. The summed E-state index contributed by atoms with van der Waals surface area (Å²) in [5.74, 6) is -0.249. The smallest absolute Gasteiger partial charge is 0.263 e. The summed E-state index contributed by atoms with van der Waals surface area (Å²) in [7, 11) is 0. The Morgan fingerprint density at radius 1 is 1.22 bits per heavy atom. The summed E-state index contributed by atoms with van der Waals surface area (Å²) >= 11 is 4.66. The normalized spacial score (nSPS) is 12.6. The molecule has 0 amide bonds. The van der Waals surface area contributed by atoms with Crippen molar-refractivity contribution in [1.82, 2.24) is 9.55 Å². The molecule has 3 heterocycles. The molecular formula is C20H17FN2OS3. The van der Waals surface area contributed by atoms with Gasteiger partial charge in [-0.05, 0) is 43.0 Å². The molecule has 138 valence electrons. The Kier molecular flexibility index (Phi) is 5.16. The van der Waals surface area contributed by atoms with Crippen molar-refractivity contribution in [3.8, 4) is 10.4 Å². The molecule has 1 atom stereocenters. The van der Waals surface area contributed by atoms with Crippen molar-refractivity contribution in [2.75, 3.05) is 0 Å². The highest BCUT2D eigenvalue weighted by atomic mass is 32.2. The third-order valence-corrected chi connectivity index (χ3v) is 7.31.